The molecule has 0 spiro atoms. The van der Waals surface area contributed by atoms with Gasteiger partial charge in [0.2, 0.25) is 5.91 Å². The zero-order valence-electron chi connectivity index (χ0n) is 18.1. The van der Waals surface area contributed by atoms with Gasteiger partial charge in [0.1, 0.15) is 0 Å². The quantitative estimate of drug-likeness (QED) is 0.748. The molecule has 166 valence electrons. The number of rotatable bonds is 3. The second-order valence-electron chi connectivity index (χ2n) is 8.84. The molecule has 8 heteroatoms. The van der Waals surface area contributed by atoms with Crippen molar-refractivity contribution in [2.24, 2.45) is 5.92 Å². The minimum atomic E-state index is -0.100. The lowest BCUT2D eigenvalue weighted by molar-refractivity contribution is -0.135. The Bertz CT molecular complexity index is 730. The molecule has 0 N–H and O–H groups in total. The Hall–Kier alpha value is -1.93. The highest BCUT2D eigenvalue weighted by atomic mass is 16.5. The van der Waals surface area contributed by atoms with Gasteiger partial charge in [0.15, 0.2) is 11.5 Å². The summed E-state index contributed by atoms with van der Waals surface area (Å²) in [5.41, 5.74) is 0.361. The van der Waals surface area contributed by atoms with Crippen molar-refractivity contribution in [2.45, 2.75) is 57.5 Å². The van der Waals surface area contributed by atoms with E-state index in [-0.39, 0.29) is 23.8 Å². The summed E-state index contributed by atoms with van der Waals surface area (Å²) in [4.78, 5) is 32.5. The molecular weight excluding hydrogens is 384 g/mol. The molecule has 0 bridgehead atoms. The minimum Gasteiger partial charge on any atom is -0.379 e. The first kappa shape index (κ1) is 21.3. The number of aromatic nitrogens is 1. The van der Waals surface area contributed by atoms with Crippen LogP contribution in [0.3, 0.4) is 0 Å². The number of carbonyl (C=O) groups excluding carboxylic acids is 2. The molecule has 1 aliphatic carbocycles. The molecule has 2 unspecified atom stereocenters. The maximum Gasteiger partial charge on any atom is 0.276 e. The van der Waals surface area contributed by atoms with Crippen LogP contribution in [0.1, 0.15) is 61.2 Å². The van der Waals surface area contributed by atoms with Gasteiger partial charge in [0.25, 0.3) is 5.91 Å². The fourth-order valence-electron chi connectivity index (χ4n) is 5.01. The van der Waals surface area contributed by atoms with Crippen molar-refractivity contribution >= 4 is 11.8 Å². The number of hydrogen-bond acceptors (Lipinski definition) is 6. The van der Waals surface area contributed by atoms with Crippen LogP contribution in [-0.4, -0.2) is 84.2 Å². The highest BCUT2D eigenvalue weighted by Crippen LogP contribution is 2.33. The molecule has 1 aromatic heterocycles. The molecule has 1 saturated carbocycles. The Morgan fingerprint density at radius 2 is 1.83 bits per heavy atom. The number of fused-ring (bicyclic) bond motifs is 1. The van der Waals surface area contributed by atoms with E-state index in [1.54, 1.807) is 6.07 Å². The zero-order valence-corrected chi connectivity index (χ0v) is 18.1. The van der Waals surface area contributed by atoms with Gasteiger partial charge in [-0.15, -0.1) is 0 Å². The Morgan fingerprint density at radius 1 is 1.07 bits per heavy atom. The molecule has 3 heterocycles. The van der Waals surface area contributed by atoms with Gasteiger partial charge in [-0.3, -0.25) is 14.5 Å². The molecule has 3 fully saturated rings. The van der Waals surface area contributed by atoms with Crippen molar-refractivity contribution < 1.29 is 18.8 Å². The fraction of sp³-hybridized carbons (Fsp3) is 0.773. The molecule has 2 atom stereocenters. The van der Waals surface area contributed by atoms with Gasteiger partial charge in [-0.1, -0.05) is 24.4 Å². The fourth-order valence-corrected chi connectivity index (χ4v) is 5.01. The predicted molar refractivity (Wildman–Crippen MR) is 111 cm³/mol. The summed E-state index contributed by atoms with van der Waals surface area (Å²) < 4.78 is 10.9. The van der Waals surface area contributed by atoms with Crippen LogP contribution in [0.15, 0.2) is 10.6 Å². The minimum absolute atomic E-state index is 0.0371. The van der Waals surface area contributed by atoms with Crippen LogP contribution in [0.2, 0.25) is 0 Å². The largest absolute Gasteiger partial charge is 0.379 e. The van der Waals surface area contributed by atoms with Crippen LogP contribution in [0, 0.1) is 5.92 Å². The molecule has 3 aliphatic rings. The van der Waals surface area contributed by atoms with E-state index < -0.39 is 0 Å². The smallest absolute Gasteiger partial charge is 0.276 e. The molecular formula is C22H34N4O4. The molecule has 2 amide bonds. The van der Waals surface area contributed by atoms with Gasteiger partial charge in [-0.25, -0.2) is 0 Å². The molecule has 2 saturated heterocycles. The van der Waals surface area contributed by atoms with E-state index in [4.69, 9.17) is 9.26 Å². The highest BCUT2D eigenvalue weighted by Gasteiger charge is 2.40. The van der Waals surface area contributed by atoms with Crippen LogP contribution in [0.4, 0.5) is 0 Å². The average Bonchev–Trinajstić information content (AvgIpc) is 3.42. The van der Waals surface area contributed by atoms with E-state index in [2.05, 4.69) is 10.1 Å². The van der Waals surface area contributed by atoms with Crippen molar-refractivity contribution in [3.63, 3.8) is 0 Å². The first-order valence-electron chi connectivity index (χ1n) is 11.4. The number of morpholine rings is 1. The molecule has 2 aliphatic heterocycles. The van der Waals surface area contributed by atoms with Gasteiger partial charge < -0.3 is 19.1 Å². The standard InChI is InChI=1S/C22H34N4O4/c1-24-9-4-2-3-5-10-26(20-8-6-7-18(20)21(24)27)22(28)19-15-17(30-23-19)16-25-11-13-29-14-12-25/h15,18,20H,2-14,16H2,1H3. The van der Waals surface area contributed by atoms with Crippen LogP contribution in [0.5, 0.6) is 0 Å². The van der Waals surface area contributed by atoms with E-state index >= 15 is 0 Å². The highest BCUT2D eigenvalue weighted by molar-refractivity contribution is 5.93. The van der Waals surface area contributed by atoms with E-state index in [1.165, 1.54) is 0 Å². The van der Waals surface area contributed by atoms with Crippen molar-refractivity contribution in [2.75, 3.05) is 46.4 Å². The van der Waals surface area contributed by atoms with Gasteiger partial charge >= 0.3 is 0 Å². The monoisotopic (exact) mass is 418 g/mol. The van der Waals surface area contributed by atoms with Crippen LogP contribution >= 0.6 is 0 Å². The zero-order chi connectivity index (χ0) is 20.9. The Labute approximate surface area is 178 Å². The topological polar surface area (TPSA) is 79.1 Å². The van der Waals surface area contributed by atoms with Crippen molar-refractivity contribution in [3.8, 4) is 0 Å². The summed E-state index contributed by atoms with van der Waals surface area (Å²) >= 11 is 0. The van der Waals surface area contributed by atoms with Gasteiger partial charge in [-0.05, 0) is 25.7 Å². The Kier molecular flexibility index (Phi) is 7.04. The lowest BCUT2D eigenvalue weighted by Crippen LogP contribution is -2.47. The first-order valence-corrected chi connectivity index (χ1v) is 11.4. The normalized spacial score (nSPS) is 27.0. The van der Waals surface area contributed by atoms with Crippen molar-refractivity contribution in [3.05, 3.63) is 17.5 Å². The number of carbonyl (C=O) groups is 2. The van der Waals surface area contributed by atoms with Gasteiger partial charge in [0.05, 0.1) is 25.7 Å². The van der Waals surface area contributed by atoms with E-state index in [1.807, 2.05) is 16.8 Å². The van der Waals surface area contributed by atoms with Gasteiger partial charge in [0, 0.05) is 45.3 Å². The summed E-state index contributed by atoms with van der Waals surface area (Å²) in [6, 6.07) is 1.74. The van der Waals surface area contributed by atoms with Crippen LogP contribution in [-0.2, 0) is 16.1 Å². The second-order valence-corrected chi connectivity index (χ2v) is 8.84. The van der Waals surface area contributed by atoms with Gasteiger partial charge in [-0.2, -0.15) is 0 Å². The van der Waals surface area contributed by atoms with E-state index in [0.29, 0.717) is 24.5 Å². The molecule has 1 aromatic rings. The van der Waals surface area contributed by atoms with Crippen LogP contribution < -0.4 is 0 Å². The van der Waals surface area contributed by atoms with Crippen molar-refractivity contribution in [1.82, 2.24) is 19.9 Å². The summed E-state index contributed by atoms with van der Waals surface area (Å²) in [6.07, 6.45) is 6.88. The SMILES string of the molecule is CN1CCCCCCN(C(=O)c2cc(CN3CCOCC3)on2)C2CCCC2C1=O. The summed E-state index contributed by atoms with van der Waals surface area (Å²) in [5.74, 6) is 0.692. The molecule has 8 nitrogen and oxygen atoms in total. The third-order valence-electron chi connectivity index (χ3n) is 6.74. The van der Waals surface area contributed by atoms with Crippen LogP contribution in [0.25, 0.3) is 0 Å². The summed E-state index contributed by atoms with van der Waals surface area (Å²) in [5, 5.41) is 4.10. The first-order chi connectivity index (χ1) is 14.6. The lowest BCUT2D eigenvalue weighted by Gasteiger charge is -2.33. The van der Waals surface area contributed by atoms with E-state index in [9.17, 15) is 9.59 Å². The number of nitrogens with zero attached hydrogens (tertiary/aromatic N) is 4. The Morgan fingerprint density at radius 3 is 2.63 bits per heavy atom. The third kappa shape index (κ3) is 4.86. The molecule has 4 rings (SSSR count). The maximum absolute atomic E-state index is 13.4. The number of hydrogen-bond donors (Lipinski definition) is 0. The maximum atomic E-state index is 13.4. The summed E-state index contributed by atoms with van der Waals surface area (Å²) in [7, 11) is 1.90. The van der Waals surface area contributed by atoms with Crippen molar-refractivity contribution in [1.29, 1.82) is 0 Å². The average molecular weight is 419 g/mol. The number of ether oxygens (including phenoxy) is 1. The van der Waals surface area contributed by atoms with E-state index in [0.717, 1.165) is 77.8 Å². The second kappa shape index (κ2) is 9.92. The molecule has 0 radical (unpaired) electrons. The lowest BCUT2D eigenvalue weighted by atomic mass is 9.99. The molecule has 30 heavy (non-hydrogen) atoms. The predicted octanol–water partition coefficient (Wildman–Crippen LogP) is 2.15. The third-order valence-corrected chi connectivity index (χ3v) is 6.74. The Balaban J connectivity index is 1.49. The number of amides is 2. The summed E-state index contributed by atoms with van der Waals surface area (Å²) in [6.45, 7) is 5.29. The molecule has 0 aromatic carbocycles.